The molecule has 0 aliphatic carbocycles. The van der Waals surface area contributed by atoms with E-state index in [2.05, 4.69) is 10.3 Å². The van der Waals surface area contributed by atoms with E-state index >= 15 is 0 Å². The van der Waals surface area contributed by atoms with Crippen molar-refractivity contribution in [2.75, 3.05) is 36.5 Å². The second-order valence-corrected chi connectivity index (χ2v) is 5.62. The van der Waals surface area contributed by atoms with Crippen molar-refractivity contribution in [1.29, 1.82) is 0 Å². The van der Waals surface area contributed by atoms with Crippen LogP contribution in [0.4, 0.5) is 20.2 Å². The Bertz CT molecular complexity index is 509. The normalized spacial score (nSPS) is 17.4. The molecular weight excluding hydrogens is 280 g/mol. The number of anilines is 2. The maximum absolute atomic E-state index is 12.2. The van der Waals surface area contributed by atoms with Gasteiger partial charge in [0.2, 0.25) is 5.91 Å². The quantitative estimate of drug-likeness (QED) is 0.847. The van der Waals surface area contributed by atoms with Crippen LogP contribution in [-0.4, -0.2) is 43.6 Å². The van der Waals surface area contributed by atoms with Gasteiger partial charge in [0.25, 0.3) is 6.43 Å². The Kier molecular flexibility index (Phi) is 4.72. The van der Waals surface area contributed by atoms with E-state index in [1.165, 1.54) is 0 Å². The van der Waals surface area contributed by atoms with Crippen LogP contribution in [0.2, 0.25) is 0 Å². The molecule has 7 heteroatoms. The number of ether oxygens (including phenoxy) is 1. The van der Waals surface area contributed by atoms with E-state index in [-0.39, 0.29) is 12.5 Å². The highest BCUT2D eigenvalue weighted by Crippen LogP contribution is 2.33. The average Bonchev–Trinajstić information content (AvgIpc) is 2.51. The molecule has 1 aromatic rings. The standard InChI is InChI=1S/C14H19F2N3O2/c1-14(2)9-19(5-6-21-8-12(15)16)11-7-17-4-3-10(11)18-13(14)20/h3-4,7,12H,5-6,8-9H2,1-2H3,(H,18,20). The van der Waals surface area contributed by atoms with E-state index in [0.717, 1.165) is 5.69 Å². The highest BCUT2D eigenvalue weighted by molar-refractivity contribution is 5.99. The Balaban J connectivity index is 2.12. The molecular formula is C14H19F2N3O2. The zero-order valence-corrected chi connectivity index (χ0v) is 12.1. The lowest BCUT2D eigenvalue weighted by Gasteiger charge is -2.29. The minimum Gasteiger partial charge on any atom is -0.374 e. The lowest BCUT2D eigenvalue weighted by molar-refractivity contribution is -0.123. The van der Waals surface area contributed by atoms with Crippen molar-refractivity contribution >= 4 is 17.3 Å². The van der Waals surface area contributed by atoms with E-state index in [9.17, 15) is 13.6 Å². The maximum Gasteiger partial charge on any atom is 0.261 e. The number of fused-ring (bicyclic) bond motifs is 1. The van der Waals surface area contributed by atoms with Crippen LogP contribution in [-0.2, 0) is 9.53 Å². The fraction of sp³-hybridized carbons (Fsp3) is 0.571. The van der Waals surface area contributed by atoms with Crippen LogP contribution in [0.25, 0.3) is 0 Å². The van der Waals surface area contributed by atoms with Crippen molar-refractivity contribution in [3.8, 4) is 0 Å². The van der Waals surface area contributed by atoms with Crippen LogP contribution in [0.15, 0.2) is 18.5 Å². The van der Waals surface area contributed by atoms with Crippen molar-refractivity contribution in [1.82, 2.24) is 4.98 Å². The van der Waals surface area contributed by atoms with Crippen LogP contribution < -0.4 is 10.2 Å². The van der Waals surface area contributed by atoms with Crippen molar-refractivity contribution in [3.05, 3.63) is 18.5 Å². The summed E-state index contributed by atoms with van der Waals surface area (Å²) in [7, 11) is 0. The minimum absolute atomic E-state index is 0.0778. The highest BCUT2D eigenvalue weighted by atomic mass is 19.3. The molecule has 21 heavy (non-hydrogen) atoms. The van der Waals surface area contributed by atoms with Gasteiger partial charge in [-0.05, 0) is 19.9 Å². The Hall–Kier alpha value is -1.76. The van der Waals surface area contributed by atoms with Crippen molar-refractivity contribution in [3.63, 3.8) is 0 Å². The number of amides is 1. The molecule has 116 valence electrons. The summed E-state index contributed by atoms with van der Waals surface area (Å²) in [6, 6.07) is 1.72. The summed E-state index contributed by atoms with van der Waals surface area (Å²) in [6.45, 7) is 4.17. The molecule has 0 bridgehead atoms. The number of hydrogen-bond donors (Lipinski definition) is 1. The first-order chi connectivity index (χ1) is 9.90. The van der Waals surface area contributed by atoms with E-state index in [1.54, 1.807) is 18.5 Å². The zero-order chi connectivity index (χ0) is 15.5. The van der Waals surface area contributed by atoms with Crippen molar-refractivity contribution in [2.45, 2.75) is 20.3 Å². The van der Waals surface area contributed by atoms with Crippen LogP contribution in [0.3, 0.4) is 0 Å². The second kappa shape index (κ2) is 6.34. The fourth-order valence-corrected chi connectivity index (χ4v) is 2.22. The van der Waals surface area contributed by atoms with Gasteiger partial charge in [-0.1, -0.05) is 0 Å². The van der Waals surface area contributed by atoms with Crippen LogP contribution >= 0.6 is 0 Å². The molecule has 0 saturated carbocycles. The molecule has 0 radical (unpaired) electrons. The number of rotatable bonds is 5. The van der Waals surface area contributed by atoms with Crippen LogP contribution in [0, 0.1) is 5.41 Å². The molecule has 0 fully saturated rings. The maximum atomic E-state index is 12.2. The van der Waals surface area contributed by atoms with Crippen molar-refractivity contribution in [2.24, 2.45) is 5.41 Å². The third-order valence-electron chi connectivity index (χ3n) is 3.34. The number of nitrogens with zero attached hydrogens (tertiary/aromatic N) is 2. The summed E-state index contributed by atoms with van der Waals surface area (Å²) < 4.78 is 29.1. The first kappa shape index (κ1) is 15.6. The van der Waals surface area contributed by atoms with Crippen LogP contribution in [0.1, 0.15) is 13.8 Å². The predicted octanol–water partition coefficient (Wildman–Crippen LogP) is 2.15. The lowest BCUT2D eigenvalue weighted by Crippen LogP contribution is -2.40. The van der Waals surface area contributed by atoms with Gasteiger partial charge in [-0.25, -0.2) is 8.78 Å². The smallest absolute Gasteiger partial charge is 0.261 e. The van der Waals surface area contributed by atoms with Gasteiger partial charge >= 0.3 is 0 Å². The van der Waals surface area contributed by atoms with Gasteiger partial charge in [0.15, 0.2) is 0 Å². The average molecular weight is 299 g/mol. The number of carbonyl (C=O) groups is 1. The van der Waals surface area contributed by atoms with Crippen molar-refractivity contribution < 1.29 is 18.3 Å². The summed E-state index contributed by atoms with van der Waals surface area (Å²) in [4.78, 5) is 18.2. The lowest BCUT2D eigenvalue weighted by atomic mass is 9.92. The molecule has 1 N–H and O–H groups in total. The molecule has 0 atom stereocenters. The van der Waals surface area contributed by atoms with Gasteiger partial charge in [-0.2, -0.15) is 0 Å². The van der Waals surface area contributed by atoms with E-state index in [0.29, 0.717) is 18.8 Å². The fourth-order valence-electron chi connectivity index (χ4n) is 2.22. The monoisotopic (exact) mass is 299 g/mol. The minimum atomic E-state index is -2.47. The topological polar surface area (TPSA) is 54.5 Å². The third kappa shape index (κ3) is 3.87. The molecule has 1 aliphatic rings. The Labute approximate surface area is 122 Å². The SMILES string of the molecule is CC1(C)CN(CCOCC(F)F)c2cnccc2NC1=O. The first-order valence-corrected chi connectivity index (χ1v) is 6.76. The summed E-state index contributed by atoms with van der Waals surface area (Å²) in [5, 5.41) is 2.87. The van der Waals surface area contributed by atoms with E-state index < -0.39 is 18.4 Å². The number of carbonyl (C=O) groups excluding carboxylic acids is 1. The largest absolute Gasteiger partial charge is 0.374 e. The molecule has 0 spiro atoms. The van der Waals surface area contributed by atoms with Gasteiger partial charge in [0.05, 0.1) is 29.6 Å². The highest BCUT2D eigenvalue weighted by Gasteiger charge is 2.34. The van der Waals surface area contributed by atoms with Crippen LogP contribution in [0.5, 0.6) is 0 Å². The molecule has 1 aromatic heterocycles. The Morgan fingerprint density at radius 3 is 3.00 bits per heavy atom. The molecule has 2 heterocycles. The van der Waals surface area contributed by atoms with Gasteiger partial charge < -0.3 is 15.0 Å². The summed E-state index contributed by atoms with van der Waals surface area (Å²) in [5.74, 6) is -0.0778. The molecule has 0 saturated heterocycles. The summed E-state index contributed by atoms with van der Waals surface area (Å²) in [5.41, 5.74) is 0.855. The number of hydrogen-bond acceptors (Lipinski definition) is 4. The van der Waals surface area contributed by atoms with Gasteiger partial charge in [0, 0.05) is 19.3 Å². The third-order valence-corrected chi connectivity index (χ3v) is 3.34. The van der Waals surface area contributed by atoms with Gasteiger partial charge in [-0.3, -0.25) is 9.78 Å². The molecule has 0 aromatic carbocycles. The zero-order valence-electron chi connectivity index (χ0n) is 12.1. The Morgan fingerprint density at radius 1 is 1.52 bits per heavy atom. The summed E-state index contributed by atoms with van der Waals surface area (Å²) in [6.07, 6.45) is 0.787. The Morgan fingerprint density at radius 2 is 2.29 bits per heavy atom. The van der Waals surface area contributed by atoms with E-state index in [4.69, 9.17) is 4.74 Å². The molecule has 5 nitrogen and oxygen atoms in total. The number of aromatic nitrogens is 1. The summed E-state index contributed by atoms with van der Waals surface area (Å²) >= 11 is 0. The second-order valence-electron chi connectivity index (χ2n) is 5.62. The molecule has 0 unspecified atom stereocenters. The molecule has 1 aliphatic heterocycles. The molecule has 2 rings (SSSR count). The van der Waals surface area contributed by atoms with Gasteiger partial charge in [-0.15, -0.1) is 0 Å². The first-order valence-electron chi connectivity index (χ1n) is 6.76. The number of halogens is 2. The van der Waals surface area contributed by atoms with E-state index in [1.807, 2.05) is 18.7 Å². The predicted molar refractivity (Wildman–Crippen MR) is 75.7 cm³/mol. The number of nitrogens with one attached hydrogen (secondary N) is 1. The van der Waals surface area contributed by atoms with Gasteiger partial charge in [0.1, 0.15) is 6.61 Å². The molecule has 1 amide bonds. The number of pyridine rings is 1. The number of alkyl halides is 2.